The van der Waals surface area contributed by atoms with Crippen molar-refractivity contribution in [1.82, 2.24) is 10.2 Å². The van der Waals surface area contributed by atoms with Gasteiger partial charge in [-0.2, -0.15) is 4.39 Å². The van der Waals surface area contributed by atoms with Gasteiger partial charge in [-0.1, -0.05) is 0 Å². The van der Waals surface area contributed by atoms with E-state index in [9.17, 15) is 23.7 Å². The largest absolute Gasteiger partial charge is 0.334 e. The monoisotopic (exact) mass is 299 g/mol. The first kappa shape index (κ1) is 15.3. The average Bonchev–Trinajstić information content (AvgIpc) is 2.86. The summed E-state index contributed by atoms with van der Waals surface area (Å²) in [6.45, 7) is 0.886. The zero-order valence-electron chi connectivity index (χ0n) is 11.4. The molecule has 0 spiro atoms. The highest BCUT2D eigenvalue weighted by Gasteiger charge is 2.34. The lowest BCUT2D eigenvalue weighted by Crippen LogP contribution is -2.41. The fraction of sp³-hybridized carbons (Fsp3) is 0.462. The number of likely N-dealkylation sites (tertiary alicyclic amines) is 1. The standard InChI is InChI=1S/C13H15F2N3O3/c1-16-7-8-3-2-6-17(8)13(19)11-9(14)4-5-10(12(11)15)18(20)21/h4-5,8,16H,2-3,6-7H2,1H3. The second-order valence-electron chi connectivity index (χ2n) is 4.86. The summed E-state index contributed by atoms with van der Waals surface area (Å²) in [5.41, 5.74) is -1.75. The molecular formula is C13H15F2N3O3. The second kappa shape index (κ2) is 6.13. The molecule has 6 nitrogen and oxygen atoms in total. The predicted molar refractivity (Wildman–Crippen MR) is 71.0 cm³/mol. The van der Waals surface area contributed by atoms with E-state index in [1.807, 2.05) is 0 Å². The first-order valence-electron chi connectivity index (χ1n) is 6.55. The highest BCUT2D eigenvalue weighted by atomic mass is 19.1. The molecule has 1 aliphatic rings. The van der Waals surface area contributed by atoms with Gasteiger partial charge in [0.25, 0.3) is 5.91 Å². The number of nitro benzene ring substituents is 1. The first-order chi connectivity index (χ1) is 9.97. The molecule has 0 radical (unpaired) electrons. The molecule has 1 unspecified atom stereocenters. The topological polar surface area (TPSA) is 75.5 Å². The Morgan fingerprint density at radius 2 is 2.24 bits per heavy atom. The molecule has 0 bridgehead atoms. The van der Waals surface area contributed by atoms with Gasteiger partial charge in [0, 0.05) is 25.2 Å². The van der Waals surface area contributed by atoms with Crippen molar-refractivity contribution in [3.8, 4) is 0 Å². The van der Waals surface area contributed by atoms with Crippen LogP contribution in [0, 0.1) is 21.7 Å². The highest BCUT2D eigenvalue weighted by Crippen LogP contribution is 2.27. The number of nitro groups is 1. The van der Waals surface area contributed by atoms with Crippen LogP contribution in [0.2, 0.25) is 0 Å². The summed E-state index contributed by atoms with van der Waals surface area (Å²) >= 11 is 0. The molecule has 0 aliphatic carbocycles. The van der Waals surface area contributed by atoms with Crippen LogP contribution in [0.25, 0.3) is 0 Å². The second-order valence-corrected chi connectivity index (χ2v) is 4.86. The summed E-state index contributed by atoms with van der Waals surface area (Å²) in [5, 5.41) is 13.6. The first-order valence-corrected chi connectivity index (χ1v) is 6.55. The van der Waals surface area contributed by atoms with Crippen molar-refractivity contribution in [2.24, 2.45) is 0 Å². The molecule has 1 fully saturated rings. The molecular weight excluding hydrogens is 284 g/mol. The van der Waals surface area contributed by atoms with Gasteiger partial charge in [-0.05, 0) is 26.0 Å². The van der Waals surface area contributed by atoms with Gasteiger partial charge in [-0.15, -0.1) is 0 Å². The summed E-state index contributed by atoms with van der Waals surface area (Å²) < 4.78 is 27.8. The highest BCUT2D eigenvalue weighted by molar-refractivity contribution is 5.96. The molecule has 1 saturated heterocycles. The maximum atomic E-state index is 14.1. The molecule has 1 aliphatic heterocycles. The summed E-state index contributed by atoms with van der Waals surface area (Å²) in [6.07, 6.45) is 1.46. The number of nitrogens with one attached hydrogen (secondary N) is 1. The third-order valence-corrected chi connectivity index (χ3v) is 3.56. The maximum absolute atomic E-state index is 14.1. The van der Waals surface area contributed by atoms with E-state index in [-0.39, 0.29) is 6.04 Å². The Labute approximate surface area is 119 Å². The van der Waals surface area contributed by atoms with E-state index in [0.717, 1.165) is 25.0 Å². The van der Waals surface area contributed by atoms with Crippen molar-refractivity contribution in [3.63, 3.8) is 0 Å². The van der Waals surface area contributed by atoms with Gasteiger partial charge < -0.3 is 10.2 Å². The van der Waals surface area contributed by atoms with Gasteiger partial charge >= 0.3 is 5.69 Å². The molecule has 1 heterocycles. The van der Waals surface area contributed by atoms with Crippen LogP contribution in [0.1, 0.15) is 23.2 Å². The summed E-state index contributed by atoms with van der Waals surface area (Å²) in [4.78, 5) is 23.4. The molecule has 0 aromatic heterocycles. The lowest BCUT2D eigenvalue weighted by Gasteiger charge is -2.24. The minimum Gasteiger partial charge on any atom is -0.334 e. The van der Waals surface area contributed by atoms with Crippen molar-refractivity contribution in [3.05, 3.63) is 39.4 Å². The molecule has 1 N–H and O–H groups in total. The number of hydrogen-bond acceptors (Lipinski definition) is 4. The van der Waals surface area contributed by atoms with Crippen molar-refractivity contribution in [2.75, 3.05) is 20.1 Å². The van der Waals surface area contributed by atoms with E-state index in [2.05, 4.69) is 5.32 Å². The lowest BCUT2D eigenvalue weighted by atomic mass is 10.1. The minimum absolute atomic E-state index is 0.166. The number of rotatable bonds is 4. The van der Waals surface area contributed by atoms with Gasteiger partial charge in [-0.3, -0.25) is 14.9 Å². The molecule has 21 heavy (non-hydrogen) atoms. The SMILES string of the molecule is CNCC1CCCN1C(=O)c1c(F)ccc([N+](=O)[O-])c1F. The number of amides is 1. The third kappa shape index (κ3) is 2.85. The van der Waals surface area contributed by atoms with Crippen molar-refractivity contribution < 1.29 is 18.5 Å². The summed E-state index contributed by atoms with van der Waals surface area (Å²) in [5.74, 6) is -3.34. The van der Waals surface area contributed by atoms with Crippen molar-refractivity contribution in [2.45, 2.75) is 18.9 Å². The molecule has 1 aromatic carbocycles. The van der Waals surface area contributed by atoms with Crippen molar-refractivity contribution in [1.29, 1.82) is 0 Å². The average molecular weight is 299 g/mol. The fourth-order valence-corrected chi connectivity index (χ4v) is 2.57. The zero-order valence-corrected chi connectivity index (χ0v) is 11.4. The molecule has 114 valence electrons. The van der Waals surface area contributed by atoms with Crippen molar-refractivity contribution >= 4 is 11.6 Å². The van der Waals surface area contributed by atoms with E-state index in [0.29, 0.717) is 13.1 Å². The maximum Gasteiger partial charge on any atom is 0.305 e. The fourth-order valence-electron chi connectivity index (χ4n) is 2.57. The normalized spacial score (nSPS) is 18.0. The van der Waals surface area contributed by atoms with Crippen LogP contribution in [-0.2, 0) is 0 Å². The van der Waals surface area contributed by atoms with Gasteiger partial charge in [-0.25, -0.2) is 4.39 Å². The quantitative estimate of drug-likeness (QED) is 0.678. The molecule has 2 rings (SSSR count). The number of carbonyl (C=O) groups is 1. The Balaban J connectivity index is 2.39. The number of halogens is 2. The Bertz CT molecular complexity index is 580. The van der Waals surface area contributed by atoms with E-state index in [4.69, 9.17) is 0 Å². The number of nitrogens with zero attached hydrogens (tertiary/aromatic N) is 2. The van der Waals surface area contributed by atoms with Gasteiger partial charge in [0.1, 0.15) is 11.4 Å². The zero-order chi connectivity index (χ0) is 15.6. The van der Waals surface area contributed by atoms with Crippen LogP contribution in [0.15, 0.2) is 12.1 Å². The van der Waals surface area contributed by atoms with Crippen LogP contribution in [0.4, 0.5) is 14.5 Å². The van der Waals surface area contributed by atoms with E-state index in [1.54, 1.807) is 7.05 Å². The Morgan fingerprint density at radius 1 is 1.52 bits per heavy atom. The number of likely N-dealkylation sites (N-methyl/N-ethyl adjacent to an activating group) is 1. The number of carbonyl (C=O) groups excluding carboxylic acids is 1. The Kier molecular flexibility index (Phi) is 4.46. The van der Waals surface area contributed by atoms with Crippen LogP contribution in [-0.4, -0.2) is 41.9 Å². The van der Waals surface area contributed by atoms with Crippen LogP contribution in [0.5, 0.6) is 0 Å². The van der Waals surface area contributed by atoms with Crippen LogP contribution < -0.4 is 5.32 Å². The Hall–Kier alpha value is -2.09. The lowest BCUT2D eigenvalue weighted by molar-refractivity contribution is -0.387. The minimum atomic E-state index is -1.42. The summed E-state index contributed by atoms with van der Waals surface area (Å²) in [6, 6.07) is 1.30. The molecule has 8 heteroatoms. The van der Waals surface area contributed by atoms with Crippen LogP contribution in [0.3, 0.4) is 0 Å². The van der Waals surface area contributed by atoms with Gasteiger partial charge in [0.2, 0.25) is 5.82 Å². The smallest absolute Gasteiger partial charge is 0.305 e. The molecule has 1 aromatic rings. The third-order valence-electron chi connectivity index (χ3n) is 3.56. The molecule has 0 saturated carbocycles. The number of hydrogen-bond donors (Lipinski definition) is 1. The molecule has 1 atom stereocenters. The van der Waals surface area contributed by atoms with E-state index in [1.165, 1.54) is 4.90 Å². The predicted octanol–water partition coefficient (Wildman–Crippen LogP) is 1.70. The molecule has 1 amide bonds. The Morgan fingerprint density at radius 3 is 2.86 bits per heavy atom. The van der Waals surface area contributed by atoms with Crippen LogP contribution >= 0.6 is 0 Å². The van der Waals surface area contributed by atoms with Gasteiger partial charge in [0.05, 0.1) is 4.92 Å². The van der Waals surface area contributed by atoms with E-state index >= 15 is 0 Å². The van der Waals surface area contributed by atoms with E-state index < -0.39 is 33.7 Å². The number of benzene rings is 1. The summed E-state index contributed by atoms with van der Waals surface area (Å²) in [7, 11) is 1.72. The van der Waals surface area contributed by atoms with Gasteiger partial charge in [0.15, 0.2) is 0 Å².